The third-order valence-electron chi connectivity index (χ3n) is 1.22. The van der Waals surface area contributed by atoms with Crippen molar-refractivity contribution >= 4 is 11.7 Å². The summed E-state index contributed by atoms with van der Waals surface area (Å²) in [6.45, 7) is 3.80. The quantitative estimate of drug-likeness (QED) is 0.482. The molecule has 0 radical (unpaired) electrons. The Balaban J connectivity index is 0. The Labute approximate surface area is 89.1 Å². The second-order valence-electron chi connectivity index (χ2n) is 2.44. The number of rotatable bonds is 2. The number of anilines is 1. The number of primary amides is 1. The summed E-state index contributed by atoms with van der Waals surface area (Å²) in [6, 6.07) is 8.97. The zero-order chi connectivity index (χ0) is 10.8. The molecule has 1 rings (SSSR count). The molecule has 15 heavy (non-hydrogen) atoms. The van der Waals surface area contributed by atoms with E-state index >= 15 is 0 Å². The molecular formula is C10H17N3O2. The minimum Gasteiger partial charge on any atom is -0.412 e. The first-order valence-electron chi connectivity index (χ1n) is 4.11. The van der Waals surface area contributed by atoms with Gasteiger partial charge in [-0.15, -0.1) is 6.58 Å². The molecule has 1 aromatic carbocycles. The van der Waals surface area contributed by atoms with Gasteiger partial charge in [0.25, 0.3) is 0 Å². The van der Waals surface area contributed by atoms with Gasteiger partial charge in [-0.2, -0.15) is 0 Å². The number of carbonyl (C=O) groups is 1. The number of nitrogen functional groups attached to an aromatic ring is 1. The highest BCUT2D eigenvalue weighted by molar-refractivity contribution is 5.71. The molecule has 0 saturated heterocycles. The summed E-state index contributed by atoms with van der Waals surface area (Å²) in [6.07, 6.45) is 1.56. The first-order chi connectivity index (χ1) is 6.66. The van der Waals surface area contributed by atoms with Crippen molar-refractivity contribution in [1.82, 2.24) is 5.32 Å². The number of hydrogen-bond donors (Lipinski definition) is 3. The van der Waals surface area contributed by atoms with Crippen molar-refractivity contribution < 1.29 is 10.3 Å². The molecule has 0 unspecified atom stereocenters. The van der Waals surface area contributed by atoms with Gasteiger partial charge >= 0.3 is 6.03 Å². The zero-order valence-corrected chi connectivity index (χ0v) is 8.44. The molecule has 0 fully saturated rings. The molecule has 0 atom stereocenters. The van der Waals surface area contributed by atoms with E-state index in [1.807, 2.05) is 30.3 Å². The predicted molar refractivity (Wildman–Crippen MR) is 62.3 cm³/mol. The summed E-state index contributed by atoms with van der Waals surface area (Å²) in [5.74, 6) is 0. The number of benzene rings is 1. The summed E-state index contributed by atoms with van der Waals surface area (Å²) in [7, 11) is 0. The third kappa shape index (κ3) is 12.0. The number of para-hydroxylation sites is 1. The van der Waals surface area contributed by atoms with E-state index in [9.17, 15) is 4.79 Å². The topological polar surface area (TPSA) is 113 Å². The van der Waals surface area contributed by atoms with Gasteiger partial charge in [-0.1, -0.05) is 24.3 Å². The molecule has 5 nitrogen and oxygen atoms in total. The van der Waals surface area contributed by atoms with Crippen molar-refractivity contribution in [2.24, 2.45) is 5.73 Å². The Kier molecular flexibility index (Phi) is 10.4. The lowest BCUT2D eigenvalue weighted by Crippen LogP contribution is -2.28. The molecule has 0 aliphatic heterocycles. The van der Waals surface area contributed by atoms with Gasteiger partial charge in [0.05, 0.1) is 0 Å². The molecule has 7 N–H and O–H groups in total. The maximum absolute atomic E-state index is 9.82. The Morgan fingerprint density at radius 3 is 2.13 bits per heavy atom. The summed E-state index contributed by atoms with van der Waals surface area (Å²) in [5.41, 5.74) is 10.9. The molecule has 0 bridgehead atoms. The van der Waals surface area contributed by atoms with Crippen molar-refractivity contribution in [3.63, 3.8) is 0 Å². The van der Waals surface area contributed by atoms with Crippen molar-refractivity contribution in [2.75, 3.05) is 12.3 Å². The van der Waals surface area contributed by atoms with E-state index < -0.39 is 6.03 Å². The van der Waals surface area contributed by atoms with Crippen LogP contribution in [-0.2, 0) is 0 Å². The molecule has 5 heteroatoms. The van der Waals surface area contributed by atoms with Gasteiger partial charge in [-0.3, -0.25) is 0 Å². The second kappa shape index (κ2) is 10.1. The first kappa shape index (κ1) is 15.5. The van der Waals surface area contributed by atoms with Crippen LogP contribution in [0.1, 0.15) is 0 Å². The first-order valence-corrected chi connectivity index (χ1v) is 4.11. The minimum atomic E-state index is -0.514. The number of nitrogens with two attached hydrogens (primary N) is 2. The zero-order valence-electron chi connectivity index (χ0n) is 8.44. The fourth-order valence-corrected chi connectivity index (χ4v) is 0.626. The smallest absolute Gasteiger partial charge is 0.312 e. The lowest BCUT2D eigenvalue weighted by atomic mass is 10.3. The maximum Gasteiger partial charge on any atom is 0.312 e. The van der Waals surface area contributed by atoms with Crippen LogP contribution >= 0.6 is 0 Å². The second-order valence-corrected chi connectivity index (χ2v) is 2.44. The van der Waals surface area contributed by atoms with Crippen LogP contribution in [0.3, 0.4) is 0 Å². The van der Waals surface area contributed by atoms with Crippen molar-refractivity contribution in [3.05, 3.63) is 43.0 Å². The van der Waals surface area contributed by atoms with E-state index in [-0.39, 0.29) is 5.48 Å². The fourth-order valence-electron chi connectivity index (χ4n) is 0.626. The lowest BCUT2D eigenvalue weighted by Gasteiger charge is -1.90. The minimum absolute atomic E-state index is 0. The SMILES string of the molecule is C=CCNC(N)=O.Nc1ccccc1.O. The van der Waals surface area contributed by atoms with E-state index in [4.69, 9.17) is 5.73 Å². The third-order valence-corrected chi connectivity index (χ3v) is 1.22. The molecule has 84 valence electrons. The van der Waals surface area contributed by atoms with E-state index in [2.05, 4.69) is 17.6 Å². The van der Waals surface area contributed by atoms with E-state index in [1.54, 1.807) is 6.08 Å². The number of amides is 2. The van der Waals surface area contributed by atoms with Crippen LogP contribution < -0.4 is 16.8 Å². The largest absolute Gasteiger partial charge is 0.412 e. The number of urea groups is 1. The average Bonchev–Trinajstić information content (AvgIpc) is 2.17. The molecule has 1 aromatic rings. The lowest BCUT2D eigenvalue weighted by molar-refractivity contribution is 0.250. The molecule has 0 saturated carbocycles. The van der Waals surface area contributed by atoms with Crippen LogP contribution in [0.5, 0.6) is 0 Å². The van der Waals surface area contributed by atoms with Crippen LogP contribution in [0.15, 0.2) is 43.0 Å². The highest BCUT2D eigenvalue weighted by Crippen LogP contribution is 1.95. The van der Waals surface area contributed by atoms with Crippen LogP contribution in [-0.4, -0.2) is 18.1 Å². The predicted octanol–water partition coefficient (Wildman–Crippen LogP) is 0.285. The Bertz CT molecular complexity index is 275. The normalized spacial score (nSPS) is 7.47. The maximum atomic E-state index is 9.82. The average molecular weight is 211 g/mol. The van der Waals surface area contributed by atoms with Crippen molar-refractivity contribution in [2.45, 2.75) is 0 Å². The van der Waals surface area contributed by atoms with E-state index in [0.717, 1.165) is 5.69 Å². The number of carbonyl (C=O) groups excluding carboxylic acids is 1. The van der Waals surface area contributed by atoms with Crippen LogP contribution in [0.25, 0.3) is 0 Å². The fraction of sp³-hybridized carbons (Fsp3) is 0.100. The van der Waals surface area contributed by atoms with Crippen LogP contribution in [0, 0.1) is 0 Å². The highest BCUT2D eigenvalue weighted by atomic mass is 16.2. The van der Waals surface area contributed by atoms with Gasteiger partial charge in [0.1, 0.15) is 0 Å². The van der Waals surface area contributed by atoms with Gasteiger partial charge in [0, 0.05) is 12.2 Å². The van der Waals surface area contributed by atoms with Gasteiger partial charge in [0.2, 0.25) is 0 Å². The van der Waals surface area contributed by atoms with Gasteiger partial charge in [-0.25, -0.2) is 4.79 Å². The Morgan fingerprint density at radius 2 is 1.93 bits per heavy atom. The molecule has 0 aliphatic carbocycles. The van der Waals surface area contributed by atoms with E-state index in [0.29, 0.717) is 6.54 Å². The molecule has 0 aliphatic rings. The van der Waals surface area contributed by atoms with Gasteiger partial charge in [-0.05, 0) is 12.1 Å². The molecule has 0 heterocycles. The number of hydrogen-bond acceptors (Lipinski definition) is 2. The molecule has 0 spiro atoms. The number of nitrogens with one attached hydrogen (secondary N) is 1. The van der Waals surface area contributed by atoms with Gasteiger partial charge < -0.3 is 22.3 Å². The molecular weight excluding hydrogens is 194 g/mol. The van der Waals surface area contributed by atoms with Crippen molar-refractivity contribution in [1.29, 1.82) is 0 Å². The Hall–Kier alpha value is -2.01. The monoisotopic (exact) mass is 211 g/mol. The van der Waals surface area contributed by atoms with E-state index in [1.165, 1.54) is 0 Å². The summed E-state index contributed by atoms with van der Waals surface area (Å²) < 4.78 is 0. The molecule has 2 amide bonds. The van der Waals surface area contributed by atoms with Crippen molar-refractivity contribution in [3.8, 4) is 0 Å². The van der Waals surface area contributed by atoms with Gasteiger partial charge in [0.15, 0.2) is 0 Å². The highest BCUT2D eigenvalue weighted by Gasteiger charge is 1.81. The summed E-state index contributed by atoms with van der Waals surface area (Å²) in [5, 5.41) is 2.32. The van der Waals surface area contributed by atoms with Crippen LogP contribution in [0.4, 0.5) is 10.5 Å². The summed E-state index contributed by atoms with van der Waals surface area (Å²) >= 11 is 0. The van der Waals surface area contributed by atoms with Crippen LogP contribution in [0.2, 0.25) is 0 Å². The standard InChI is InChI=1S/C6H7N.C4H8N2O.H2O/c7-6-4-2-1-3-5-6;1-2-3-6-4(5)7;/h1-5H,7H2;2H,1,3H2,(H3,5,6,7);1H2. The Morgan fingerprint density at radius 1 is 1.40 bits per heavy atom. The summed E-state index contributed by atoms with van der Waals surface area (Å²) in [4.78, 5) is 9.82. The molecule has 0 aromatic heterocycles.